The second-order valence-electron chi connectivity index (χ2n) is 14.1. The third-order valence-electron chi connectivity index (χ3n) is 10.1. The number of alkyl halides is 14. The normalized spacial score (nSPS) is 13.7. The zero-order valence-electron chi connectivity index (χ0n) is 31.8. The van der Waals surface area contributed by atoms with Gasteiger partial charge < -0.3 is 19.8 Å². The van der Waals surface area contributed by atoms with E-state index in [2.05, 4.69) is 24.7 Å². The molecule has 0 radical (unpaired) electrons. The Hall–Kier alpha value is -7.00. The van der Waals surface area contributed by atoms with E-state index in [1.54, 1.807) is 0 Å². The van der Waals surface area contributed by atoms with E-state index in [1.807, 2.05) is 0 Å². The van der Waals surface area contributed by atoms with Gasteiger partial charge in [0.2, 0.25) is 0 Å². The van der Waals surface area contributed by atoms with Crippen LogP contribution in [0.4, 0.5) is 61.5 Å². The maximum atomic E-state index is 16.1. The zero-order chi connectivity index (χ0) is 46.9. The van der Waals surface area contributed by atoms with E-state index in [-0.39, 0.29) is 34.2 Å². The highest BCUT2D eigenvalue weighted by atomic mass is 19.4. The van der Waals surface area contributed by atoms with Crippen LogP contribution in [-0.4, -0.2) is 68.3 Å². The van der Waals surface area contributed by atoms with Crippen molar-refractivity contribution in [1.29, 1.82) is 0 Å². The van der Waals surface area contributed by atoms with E-state index < -0.39 is 110 Å². The first-order valence-corrected chi connectivity index (χ1v) is 18.0. The summed E-state index contributed by atoms with van der Waals surface area (Å²) < 4.78 is 212. The number of benzene rings is 2. The van der Waals surface area contributed by atoms with Crippen LogP contribution >= 0.6 is 0 Å². The summed E-state index contributed by atoms with van der Waals surface area (Å²) in [6, 6.07) is 12.1. The molecule has 64 heavy (non-hydrogen) atoms. The summed E-state index contributed by atoms with van der Waals surface area (Å²) in [5.41, 5.74) is -12.0. The van der Waals surface area contributed by atoms with Crippen LogP contribution in [0.25, 0.3) is 68.6 Å². The van der Waals surface area contributed by atoms with Gasteiger partial charge in [0.25, 0.3) is 0 Å². The number of aromatic amines is 2. The van der Waals surface area contributed by atoms with E-state index in [1.165, 1.54) is 24.3 Å². The predicted octanol–water partition coefficient (Wildman–Crippen LogP) is 12.0. The molecule has 0 saturated carbocycles. The lowest BCUT2D eigenvalue weighted by molar-refractivity contribution is -0.359. The summed E-state index contributed by atoms with van der Waals surface area (Å²) in [4.78, 5) is 36.0. The van der Waals surface area contributed by atoms with Crippen molar-refractivity contribution in [1.82, 2.24) is 19.9 Å². The number of hydrogen-bond acceptors (Lipinski definition) is 5. The molecule has 3 N–H and O–H groups in total. The molecule has 0 aliphatic carbocycles. The van der Waals surface area contributed by atoms with Crippen molar-refractivity contribution in [2.45, 2.75) is 42.5 Å². The summed E-state index contributed by atoms with van der Waals surface area (Å²) in [5.74, 6) is -28.0. The number of ether oxygens (including phenoxy) is 1. The van der Waals surface area contributed by atoms with Gasteiger partial charge in [0.1, 0.15) is 0 Å². The molecule has 5 aromatic rings. The summed E-state index contributed by atoms with van der Waals surface area (Å²) in [6.07, 6.45) is -11.1. The first-order valence-electron chi connectivity index (χ1n) is 18.0. The summed E-state index contributed by atoms with van der Waals surface area (Å²) in [7, 11) is 1.09. The lowest BCUT2D eigenvalue weighted by Crippen LogP contribution is -2.50. The molecule has 0 amide bonds. The van der Waals surface area contributed by atoms with Crippen molar-refractivity contribution in [3.05, 3.63) is 118 Å². The average molecular weight is 915 g/mol. The van der Waals surface area contributed by atoms with Crippen LogP contribution in [0.2, 0.25) is 0 Å². The van der Waals surface area contributed by atoms with E-state index in [0.717, 1.165) is 55.7 Å². The number of aromatic nitrogens is 4. The number of nitrogens with zero attached hydrogens (tertiary/aromatic N) is 2. The molecule has 2 aliphatic heterocycles. The van der Waals surface area contributed by atoms with Gasteiger partial charge in [-0.05, 0) is 77.4 Å². The number of carboxylic acid groups (broad SMARTS) is 1. The predicted molar refractivity (Wildman–Crippen MR) is 202 cm³/mol. The van der Waals surface area contributed by atoms with Crippen LogP contribution in [0.3, 0.4) is 0 Å². The Kier molecular flexibility index (Phi) is 10.8. The topological polar surface area (TPSA) is 121 Å². The molecule has 3 aromatic heterocycles. The maximum absolute atomic E-state index is 16.1. The van der Waals surface area contributed by atoms with E-state index in [9.17, 15) is 41.0 Å². The van der Waals surface area contributed by atoms with Crippen LogP contribution in [0.5, 0.6) is 0 Å². The Morgan fingerprint density at radius 2 is 0.891 bits per heavy atom. The molecule has 5 heterocycles. The zero-order valence-corrected chi connectivity index (χ0v) is 31.8. The van der Waals surface area contributed by atoms with Crippen molar-refractivity contribution in [3.63, 3.8) is 0 Å². The molecule has 8 bridgehead atoms. The van der Waals surface area contributed by atoms with Gasteiger partial charge in [-0.3, -0.25) is 4.79 Å². The highest BCUT2D eigenvalue weighted by molar-refractivity contribution is 5.95. The number of H-pyrrole nitrogens is 2. The quantitative estimate of drug-likeness (QED) is 0.0980. The fourth-order valence-corrected chi connectivity index (χ4v) is 6.95. The third kappa shape index (κ3) is 7.42. The minimum Gasteiger partial charge on any atom is -0.478 e. The summed E-state index contributed by atoms with van der Waals surface area (Å²) in [6.45, 7) is 0. The number of hydrogen-bond donors (Lipinski definition) is 3. The Labute approximate surface area is 348 Å². The maximum Gasteiger partial charge on any atom is 0.460 e. The van der Waals surface area contributed by atoms with Crippen LogP contribution < -0.4 is 0 Å². The lowest BCUT2D eigenvalue weighted by atomic mass is 9.99. The monoisotopic (exact) mass is 914 g/mol. The molecule has 2 aliphatic rings. The largest absolute Gasteiger partial charge is 0.478 e. The fraction of sp³-hybridized carbons (Fsp3) is 0.190. The number of nitrogens with one attached hydrogen (secondary N) is 2. The Morgan fingerprint density at radius 3 is 1.25 bits per heavy atom. The van der Waals surface area contributed by atoms with Gasteiger partial charge in [-0.1, -0.05) is 36.4 Å². The van der Waals surface area contributed by atoms with Crippen LogP contribution in [0, 0.1) is 0 Å². The van der Waals surface area contributed by atoms with Gasteiger partial charge in [-0.25, -0.2) is 14.8 Å². The minimum atomic E-state index is -6.86. The number of fused-ring (bicyclic) bond motifs is 8. The SMILES string of the molecule is COC(=O)Cc1ccc(-c2c3nc(c(C(F)(F)C(F)(F)C(F)(F)F)c4ccc([nH]4)c(-c4ccc(C(=O)O)cc4)c4nc(c(C(F)(F)C(F)(F)C(F)(F)F)c5ccc2[nH]5)C=C4)C=C3)cc1. The number of carbonyl (C=O) groups excluding carboxylic acids is 1. The number of rotatable bonds is 9. The van der Waals surface area contributed by atoms with Crippen molar-refractivity contribution in [2.75, 3.05) is 7.11 Å². The summed E-state index contributed by atoms with van der Waals surface area (Å²) in [5, 5.41) is 9.43. The molecular formula is C42H24F14N4O4. The van der Waals surface area contributed by atoms with E-state index >= 15 is 35.1 Å². The van der Waals surface area contributed by atoms with Gasteiger partial charge in [0, 0.05) is 22.2 Å². The molecule has 0 saturated heterocycles. The number of aromatic carboxylic acids is 1. The smallest absolute Gasteiger partial charge is 0.460 e. The number of carboxylic acids is 1. The second kappa shape index (κ2) is 15.4. The first kappa shape index (κ1) is 45.0. The van der Waals surface area contributed by atoms with Gasteiger partial charge in [-0.15, -0.1) is 0 Å². The highest BCUT2D eigenvalue weighted by Gasteiger charge is 2.75. The van der Waals surface area contributed by atoms with E-state index in [4.69, 9.17) is 0 Å². The Morgan fingerprint density at radius 1 is 0.531 bits per heavy atom. The fourth-order valence-electron chi connectivity index (χ4n) is 6.95. The number of esters is 1. The molecule has 0 atom stereocenters. The standard InChI is InChI=1S/C42H24F14N4O4/c1-64-31(61)18-19-2-4-20(5-3-19)32-23-10-14-27(57-23)34(37(43,44)39(47,48)41(51,52)53)29-16-12-25(59-29)33(21-6-8-22(9-7-21)36(62)63)26-13-17-30(60-26)35(28-15-11-24(32)58-28)38(45,46)40(49,50)42(54,55)56/h2-17,57,60H,18H2,1H3,(H,62,63). The third-order valence-corrected chi connectivity index (χ3v) is 10.1. The minimum absolute atomic E-state index is 0.0697. The molecule has 22 heteroatoms. The average Bonchev–Trinajstić information content (AvgIpc) is 4.05. The summed E-state index contributed by atoms with van der Waals surface area (Å²) >= 11 is 0. The van der Waals surface area contributed by atoms with Crippen LogP contribution in [-0.2, 0) is 27.8 Å². The molecule has 8 nitrogen and oxygen atoms in total. The van der Waals surface area contributed by atoms with Crippen molar-refractivity contribution >= 4 is 58.3 Å². The molecule has 0 fully saturated rings. The molecule has 334 valence electrons. The first-order chi connectivity index (χ1) is 29.7. The van der Waals surface area contributed by atoms with E-state index in [0.29, 0.717) is 24.3 Å². The molecule has 0 unspecified atom stereocenters. The molecule has 7 rings (SSSR count). The Balaban J connectivity index is 1.70. The van der Waals surface area contributed by atoms with Crippen LogP contribution in [0.1, 0.15) is 49.8 Å². The highest BCUT2D eigenvalue weighted by Crippen LogP contribution is 2.55. The molecular weight excluding hydrogens is 890 g/mol. The lowest BCUT2D eigenvalue weighted by Gasteiger charge is -2.28. The van der Waals surface area contributed by atoms with Crippen molar-refractivity contribution < 1.29 is 80.9 Å². The van der Waals surface area contributed by atoms with Crippen molar-refractivity contribution in [3.8, 4) is 22.3 Å². The Bertz CT molecular complexity index is 2890. The van der Waals surface area contributed by atoms with Crippen LogP contribution in [0.15, 0.2) is 72.8 Å². The van der Waals surface area contributed by atoms with Gasteiger partial charge in [0.15, 0.2) is 0 Å². The number of halogens is 14. The van der Waals surface area contributed by atoms with Crippen molar-refractivity contribution in [2.24, 2.45) is 0 Å². The van der Waals surface area contributed by atoms with Gasteiger partial charge in [-0.2, -0.15) is 61.5 Å². The molecule has 2 aromatic carbocycles. The van der Waals surface area contributed by atoms with Gasteiger partial charge in [0.05, 0.1) is 64.0 Å². The van der Waals surface area contributed by atoms with Gasteiger partial charge >= 0.3 is 48.0 Å². The molecule has 0 spiro atoms. The number of carbonyl (C=O) groups is 2. The number of methoxy groups -OCH3 is 1. The second-order valence-corrected chi connectivity index (χ2v) is 14.1.